The second kappa shape index (κ2) is 5.47. The van der Waals surface area contributed by atoms with Gasteiger partial charge >= 0.3 is 0 Å². The van der Waals surface area contributed by atoms with Crippen LogP contribution in [0.25, 0.3) is 10.8 Å². The summed E-state index contributed by atoms with van der Waals surface area (Å²) in [5, 5.41) is 14.3. The average Bonchev–Trinajstić information content (AvgIpc) is 2.35. The van der Waals surface area contributed by atoms with Gasteiger partial charge in [0.1, 0.15) is 0 Å². The van der Waals surface area contributed by atoms with Crippen molar-refractivity contribution in [3.8, 4) is 6.07 Å². The second-order valence-electron chi connectivity index (χ2n) is 4.27. The van der Waals surface area contributed by atoms with E-state index in [1.807, 2.05) is 0 Å². The van der Waals surface area contributed by atoms with Gasteiger partial charge in [-0.3, -0.25) is 0 Å². The minimum Gasteiger partial charge on any atom is -0.312 e. The van der Waals surface area contributed by atoms with Gasteiger partial charge in [0.2, 0.25) is 0 Å². The van der Waals surface area contributed by atoms with E-state index in [0.29, 0.717) is 6.42 Å². The predicted octanol–water partition coefficient (Wildman–Crippen LogP) is 3.15. The first-order valence-electron chi connectivity index (χ1n) is 5.86. The Morgan fingerprint density at radius 1 is 1.12 bits per heavy atom. The molecule has 0 fully saturated rings. The fourth-order valence-corrected chi connectivity index (χ4v) is 1.90. The zero-order chi connectivity index (χ0) is 12.1. The fourth-order valence-electron chi connectivity index (χ4n) is 1.90. The van der Waals surface area contributed by atoms with E-state index < -0.39 is 0 Å². The van der Waals surface area contributed by atoms with E-state index in [-0.39, 0.29) is 0 Å². The molecule has 0 aliphatic heterocycles. The number of nitrogens with one attached hydrogen (secondary N) is 1. The van der Waals surface area contributed by atoms with Gasteiger partial charge in [-0.1, -0.05) is 35.9 Å². The first-order valence-corrected chi connectivity index (χ1v) is 5.86. The van der Waals surface area contributed by atoms with Crippen molar-refractivity contribution in [2.24, 2.45) is 0 Å². The summed E-state index contributed by atoms with van der Waals surface area (Å²) in [5.41, 5.74) is 2.55. The average molecular weight is 224 g/mol. The van der Waals surface area contributed by atoms with Crippen LogP contribution in [0.4, 0.5) is 0 Å². The molecule has 2 heteroatoms. The van der Waals surface area contributed by atoms with Gasteiger partial charge in [-0.2, -0.15) is 5.26 Å². The van der Waals surface area contributed by atoms with E-state index in [2.05, 4.69) is 54.7 Å². The van der Waals surface area contributed by atoms with Gasteiger partial charge in [-0.15, -0.1) is 0 Å². The predicted molar refractivity (Wildman–Crippen MR) is 70.6 cm³/mol. The van der Waals surface area contributed by atoms with Crippen molar-refractivity contribution in [2.75, 3.05) is 6.54 Å². The molecule has 2 rings (SSSR count). The smallest absolute Gasteiger partial charge is 0.0635 e. The van der Waals surface area contributed by atoms with Crippen LogP contribution in [0, 0.1) is 18.3 Å². The summed E-state index contributed by atoms with van der Waals surface area (Å²) >= 11 is 0. The van der Waals surface area contributed by atoms with Crippen molar-refractivity contribution in [2.45, 2.75) is 19.9 Å². The van der Waals surface area contributed by atoms with E-state index in [1.165, 1.54) is 21.9 Å². The molecule has 0 aliphatic carbocycles. The molecule has 86 valence electrons. The Labute approximate surface area is 102 Å². The highest BCUT2D eigenvalue weighted by Gasteiger charge is 1.97. The number of rotatable bonds is 4. The third-order valence-electron chi connectivity index (χ3n) is 2.80. The highest BCUT2D eigenvalue weighted by atomic mass is 14.8. The Balaban J connectivity index is 2.10. The summed E-state index contributed by atoms with van der Waals surface area (Å²) < 4.78 is 0. The zero-order valence-corrected chi connectivity index (χ0v) is 10.0. The van der Waals surface area contributed by atoms with Crippen molar-refractivity contribution in [1.29, 1.82) is 5.26 Å². The van der Waals surface area contributed by atoms with Crippen LogP contribution in [0.1, 0.15) is 17.5 Å². The quantitative estimate of drug-likeness (QED) is 0.810. The molecule has 0 bridgehead atoms. The molecule has 0 amide bonds. The summed E-state index contributed by atoms with van der Waals surface area (Å²) in [6.07, 6.45) is 0.562. The monoisotopic (exact) mass is 224 g/mol. The molecule has 0 radical (unpaired) electrons. The molecule has 0 aromatic heterocycles. The molecule has 1 N–H and O–H groups in total. The Kier molecular flexibility index (Phi) is 3.74. The lowest BCUT2D eigenvalue weighted by Gasteiger charge is -2.05. The number of hydrogen-bond acceptors (Lipinski definition) is 2. The molecule has 17 heavy (non-hydrogen) atoms. The number of hydrogen-bond donors (Lipinski definition) is 1. The number of nitrogens with zero attached hydrogens (tertiary/aromatic N) is 1. The summed E-state index contributed by atoms with van der Waals surface area (Å²) in [6.45, 7) is 3.69. The molecule has 0 heterocycles. The summed E-state index contributed by atoms with van der Waals surface area (Å²) in [6, 6.07) is 15.1. The number of fused-ring (bicyclic) bond motifs is 1. The van der Waals surface area contributed by atoms with Crippen LogP contribution in [0.2, 0.25) is 0 Å². The van der Waals surface area contributed by atoms with Crippen LogP contribution in [0.5, 0.6) is 0 Å². The molecule has 0 unspecified atom stereocenters. The topological polar surface area (TPSA) is 35.8 Å². The van der Waals surface area contributed by atoms with Crippen LogP contribution in [0.3, 0.4) is 0 Å². The van der Waals surface area contributed by atoms with Gasteiger partial charge in [0.15, 0.2) is 0 Å². The van der Waals surface area contributed by atoms with Crippen LogP contribution in [0.15, 0.2) is 36.4 Å². The number of aryl methyl sites for hydroxylation is 1. The van der Waals surface area contributed by atoms with E-state index >= 15 is 0 Å². The largest absolute Gasteiger partial charge is 0.312 e. The lowest BCUT2D eigenvalue weighted by molar-refractivity contribution is 0.699. The highest BCUT2D eigenvalue weighted by Crippen LogP contribution is 2.17. The minimum absolute atomic E-state index is 0.562. The van der Waals surface area contributed by atoms with Gasteiger partial charge in [0.05, 0.1) is 6.07 Å². The van der Waals surface area contributed by atoms with Crippen LogP contribution in [-0.2, 0) is 6.54 Å². The van der Waals surface area contributed by atoms with Crippen molar-refractivity contribution in [1.82, 2.24) is 5.32 Å². The van der Waals surface area contributed by atoms with Crippen molar-refractivity contribution in [3.63, 3.8) is 0 Å². The Morgan fingerprint density at radius 2 is 1.88 bits per heavy atom. The van der Waals surface area contributed by atoms with E-state index in [0.717, 1.165) is 13.1 Å². The highest BCUT2D eigenvalue weighted by molar-refractivity contribution is 5.83. The molecule has 0 spiro atoms. The number of benzene rings is 2. The summed E-state index contributed by atoms with van der Waals surface area (Å²) in [7, 11) is 0. The van der Waals surface area contributed by atoms with Gasteiger partial charge < -0.3 is 5.32 Å². The zero-order valence-electron chi connectivity index (χ0n) is 10.0. The van der Waals surface area contributed by atoms with Gasteiger partial charge in [-0.05, 0) is 29.3 Å². The third-order valence-corrected chi connectivity index (χ3v) is 2.80. The molecule has 0 saturated heterocycles. The maximum Gasteiger partial charge on any atom is 0.0635 e. The van der Waals surface area contributed by atoms with Gasteiger partial charge in [-0.25, -0.2) is 0 Å². The van der Waals surface area contributed by atoms with Gasteiger partial charge in [0, 0.05) is 19.5 Å². The SMILES string of the molecule is Cc1ccc2cc(CNCCC#N)ccc2c1. The van der Waals surface area contributed by atoms with E-state index in [9.17, 15) is 0 Å². The van der Waals surface area contributed by atoms with E-state index in [4.69, 9.17) is 5.26 Å². The van der Waals surface area contributed by atoms with Crippen molar-refractivity contribution < 1.29 is 0 Å². The lowest BCUT2D eigenvalue weighted by Crippen LogP contribution is -2.13. The normalized spacial score (nSPS) is 10.4. The summed E-state index contributed by atoms with van der Waals surface area (Å²) in [4.78, 5) is 0. The van der Waals surface area contributed by atoms with E-state index in [1.54, 1.807) is 0 Å². The molecule has 2 nitrogen and oxygen atoms in total. The Hall–Kier alpha value is -1.85. The fraction of sp³-hybridized carbons (Fsp3) is 0.267. The molecule has 2 aromatic carbocycles. The maximum atomic E-state index is 8.44. The molecular weight excluding hydrogens is 208 g/mol. The third kappa shape index (κ3) is 3.05. The Morgan fingerprint density at radius 3 is 2.71 bits per heavy atom. The van der Waals surface area contributed by atoms with Crippen molar-refractivity contribution in [3.05, 3.63) is 47.5 Å². The number of nitriles is 1. The standard InChI is InChI=1S/C15H16N2/c1-12-3-5-15-10-13(4-6-14(15)9-12)11-17-8-2-7-16/h3-6,9-10,17H,2,8,11H2,1H3. The second-order valence-corrected chi connectivity index (χ2v) is 4.27. The molecular formula is C15H16N2. The summed E-state index contributed by atoms with van der Waals surface area (Å²) in [5.74, 6) is 0. The lowest BCUT2D eigenvalue weighted by atomic mass is 10.0. The van der Waals surface area contributed by atoms with Crippen LogP contribution >= 0.6 is 0 Å². The van der Waals surface area contributed by atoms with Crippen LogP contribution < -0.4 is 5.32 Å². The van der Waals surface area contributed by atoms with Crippen molar-refractivity contribution >= 4 is 10.8 Å². The molecule has 2 aromatic rings. The molecule has 0 atom stereocenters. The maximum absolute atomic E-state index is 8.44. The minimum atomic E-state index is 0.562. The van der Waals surface area contributed by atoms with Gasteiger partial charge in [0.25, 0.3) is 0 Å². The Bertz CT molecular complexity index is 552. The first-order chi connectivity index (χ1) is 8.29. The van der Waals surface area contributed by atoms with Crippen LogP contribution in [-0.4, -0.2) is 6.54 Å². The first kappa shape index (κ1) is 11.6. The molecule has 0 aliphatic rings. The molecule has 0 saturated carbocycles.